The van der Waals surface area contributed by atoms with Gasteiger partial charge in [0.15, 0.2) is 5.96 Å². The van der Waals surface area contributed by atoms with E-state index in [0.29, 0.717) is 18.9 Å². The summed E-state index contributed by atoms with van der Waals surface area (Å²) in [6.07, 6.45) is 2.43. The minimum absolute atomic E-state index is 0.110. The van der Waals surface area contributed by atoms with Gasteiger partial charge in [-0.25, -0.2) is 0 Å². The smallest absolute Gasteiger partial charge is 0.191 e. The molecule has 3 atom stereocenters. The van der Waals surface area contributed by atoms with Crippen LogP contribution in [0.4, 0.5) is 0 Å². The largest absolute Gasteiger partial charge is 0.391 e. The molecule has 2 aromatic carbocycles. The molecule has 1 saturated heterocycles. The Bertz CT molecular complexity index is 777. The van der Waals surface area contributed by atoms with E-state index in [2.05, 4.69) is 53.7 Å². The average Bonchev–Trinajstić information content (AvgIpc) is 2.77. The first kappa shape index (κ1) is 22.3. The lowest BCUT2D eigenvalue weighted by Gasteiger charge is -2.32. The number of aryl methyl sites for hydroxylation is 1. The third kappa shape index (κ3) is 6.85. The molecule has 1 fully saturated rings. The molecule has 1 heterocycles. The minimum atomic E-state index is -0.499. The summed E-state index contributed by atoms with van der Waals surface area (Å²) >= 11 is 0. The van der Waals surface area contributed by atoms with E-state index < -0.39 is 6.10 Å². The van der Waals surface area contributed by atoms with Crippen LogP contribution >= 0.6 is 0 Å². The van der Waals surface area contributed by atoms with Crippen LogP contribution in [-0.4, -0.2) is 43.4 Å². The fourth-order valence-corrected chi connectivity index (χ4v) is 3.89. The molecule has 0 spiro atoms. The summed E-state index contributed by atoms with van der Waals surface area (Å²) < 4.78 is 6.13. The van der Waals surface area contributed by atoms with Gasteiger partial charge in [-0.2, -0.15) is 0 Å². The monoisotopic (exact) mass is 409 g/mol. The second kappa shape index (κ2) is 11.7. The molecule has 5 heteroatoms. The second-order valence-electron chi connectivity index (χ2n) is 8.05. The lowest BCUT2D eigenvalue weighted by molar-refractivity contribution is -0.0265. The quantitative estimate of drug-likeness (QED) is 0.460. The van der Waals surface area contributed by atoms with Gasteiger partial charge >= 0.3 is 0 Å². The van der Waals surface area contributed by atoms with Gasteiger partial charge in [0.25, 0.3) is 0 Å². The average molecular weight is 410 g/mol. The number of rotatable bonds is 8. The van der Waals surface area contributed by atoms with Gasteiger partial charge in [-0.05, 0) is 37.8 Å². The van der Waals surface area contributed by atoms with Crippen LogP contribution in [0.3, 0.4) is 0 Å². The third-order valence-electron chi connectivity index (χ3n) is 5.50. The predicted molar refractivity (Wildman–Crippen MR) is 123 cm³/mol. The van der Waals surface area contributed by atoms with Crippen molar-refractivity contribution in [2.45, 2.75) is 45.3 Å². The number of ether oxygens (including phenoxy) is 1. The highest BCUT2D eigenvalue weighted by molar-refractivity contribution is 5.79. The molecule has 3 rings (SSSR count). The highest BCUT2D eigenvalue weighted by Gasteiger charge is 2.27. The lowest BCUT2D eigenvalue weighted by Crippen LogP contribution is -2.42. The maximum Gasteiger partial charge on any atom is 0.191 e. The van der Waals surface area contributed by atoms with Gasteiger partial charge in [-0.15, -0.1) is 0 Å². The molecule has 1 aliphatic heterocycles. The van der Waals surface area contributed by atoms with Gasteiger partial charge in [-0.3, -0.25) is 4.99 Å². The van der Waals surface area contributed by atoms with Crippen LogP contribution < -0.4 is 10.6 Å². The van der Waals surface area contributed by atoms with E-state index in [-0.39, 0.29) is 6.10 Å². The van der Waals surface area contributed by atoms with Crippen LogP contribution in [0.2, 0.25) is 0 Å². The van der Waals surface area contributed by atoms with Crippen molar-refractivity contribution in [3.8, 4) is 0 Å². The third-order valence-corrected chi connectivity index (χ3v) is 5.50. The summed E-state index contributed by atoms with van der Waals surface area (Å²) in [6.45, 7) is 6.91. The molecular weight excluding hydrogens is 374 g/mol. The molecule has 162 valence electrons. The van der Waals surface area contributed by atoms with Crippen LogP contribution in [-0.2, 0) is 11.2 Å². The zero-order valence-corrected chi connectivity index (χ0v) is 18.2. The van der Waals surface area contributed by atoms with Gasteiger partial charge < -0.3 is 20.5 Å². The number of nitrogens with one attached hydrogen (secondary N) is 2. The molecule has 0 aliphatic carbocycles. The SMILES string of the molecule is CCNC(=NCC(O)Cc1ccccc1)NCC1CCCOC1c1ccc(C)cc1. The Morgan fingerprint density at radius 2 is 1.90 bits per heavy atom. The van der Waals surface area contributed by atoms with Crippen molar-refractivity contribution in [2.24, 2.45) is 10.9 Å². The highest BCUT2D eigenvalue weighted by Crippen LogP contribution is 2.33. The Balaban J connectivity index is 1.56. The molecule has 3 N–H and O–H groups in total. The van der Waals surface area contributed by atoms with Gasteiger partial charge in [0.1, 0.15) is 0 Å². The topological polar surface area (TPSA) is 65.9 Å². The number of nitrogens with zero attached hydrogens (tertiary/aromatic N) is 1. The molecule has 5 nitrogen and oxygen atoms in total. The van der Waals surface area contributed by atoms with Crippen LogP contribution in [0, 0.1) is 12.8 Å². The number of aliphatic hydroxyl groups is 1. The summed E-state index contributed by atoms with van der Waals surface area (Å²) in [5.74, 6) is 1.14. The van der Waals surface area contributed by atoms with E-state index in [1.807, 2.05) is 30.3 Å². The van der Waals surface area contributed by atoms with Crippen molar-refractivity contribution in [1.29, 1.82) is 0 Å². The summed E-state index contributed by atoms with van der Waals surface area (Å²) in [5.41, 5.74) is 3.63. The van der Waals surface area contributed by atoms with Crippen LogP contribution in [0.15, 0.2) is 59.6 Å². The molecule has 0 bridgehead atoms. The first-order chi connectivity index (χ1) is 14.7. The van der Waals surface area contributed by atoms with Crippen molar-refractivity contribution in [3.05, 3.63) is 71.3 Å². The standard InChI is InChI=1S/C25H35N3O2/c1-3-26-25(28-18-23(29)16-20-8-5-4-6-9-20)27-17-22-10-7-15-30-24(22)21-13-11-19(2)12-14-21/h4-6,8-9,11-14,22-24,29H,3,7,10,15-18H2,1-2H3,(H2,26,27,28). The Morgan fingerprint density at radius 3 is 2.63 bits per heavy atom. The van der Waals surface area contributed by atoms with Gasteiger partial charge in [0, 0.05) is 32.0 Å². The van der Waals surface area contributed by atoms with Gasteiger partial charge in [-0.1, -0.05) is 60.2 Å². The van der Waals surface area contributed by atoms with E-state index in [4.69, 9.17) is 4.74 Å². The zero-order valence-electron chi connectivity index (χ0n) is 18.2. The van der Waals surface area contributed by atoms with E-state index >= 15 is 0 Å². The maximum atomic E-state index is 10.4. The molecule has 0 radical (unpaired) electrons. The van der Waals surface area contributed by atoms with Crippen LogP contribution in [0.25, 0.3) is 0 Å². The molecule has 1 aliphatic rings. The second-order valence-corrected chi connectivity index (χ2v) is 8.05. The fraction of sp³-hybridized carbons (Fsp3) is 0.480. The Morgan fingerprint density at radius 1 is 1.13 bits per heavy atom. The number of hydrogen-bond acceptors (Lipinski definition) is 3. The summed E-state index contributed by atoms with van der Waals surface area (Å²) in [7, 11) is 0. The lowest BCUT2D eigenvalue weighted by atomic mass is 9.89. The van der Waals surface area contributed by atoms with Crippen molar-refractivity contribution >= 4 is 5.96 Å². The predicted octanol–water partition coefficient (Wildman–Crippen LogP) is 3.62. The van der Waals surface area contributed by atoms with E-state index in [1.165, 1.54) is 11.1 Å². The zero-order chi connectivity index (χ0) is 21.2. The molecule has 0 amide bonds. The number of hydrogen-bond donors (Lipinski definition) is 3. The summed E-state index contributed by atoms with van der Waals surface area (Å²) in [5, 5.41) is 17.1. The molecular formula is C25H35N3O2. The first-order valence-corrected chi connectivity index (χ1v) is 11.1. The number of benzene rings is 2. The van der Waals surface area contributed by atoms with Crippen molar-refractivity contribution in [3.63, 3.8) is 0 Å². The summed E-state index contributed by atoms with van der Waals surface area (Å²) in [4.78, 5) is 4.61. The van der Waals surface area contributed by atoms with Crippen molar-refractivity contribution in [2.75, 3.05) is 26.2 Å². The number of aliphatic hydroxyl groups excluding tert-OH is 1. The van der Waals surface area contributed by atoms with Gasteiger partial charge in [0.05, 0.1) is 18.8 Å². The van der Waals surface area contributed by atoms with Gasteiger partial charge in [0.2, 0.25) is 0 Å². The normalized spacial score (nSPS) is 20.6. The Hall–Kier alpha value is -2.37. The Labute approximate surface area is 180 Å². The highest BCUT2D eigenvalue weighted by atomic mass is 16.5. The number of aliphatic imine (C=N–C) groups is 1. The van der Waals surface area contributed by atoms with E-state index in [9.17, 15) is 5.11 Å². The molecule has 0 saturated carbocycles. The van der Waals surface area contributed by atoms with E-state index in [0.717, 1.165) is 44.1 Å². The molecule has 2 aromatic rings. The minimum Gasteiger partial charge on any atom is -0.391 e. The fourth-order valence-electron chi connectivity index (χ4n) is 3.89. The molecule has 3 unspecified atom stereocenters. The molecule has 0 aromatic heterocycles. The Kier molecular flexibility index (Phi) is 8.72. The van der Waals surface area contributed by atoms with Crippen molar-refractivity contribution in [1.82, 2.24) is 10.6 Å². The van der Waals surface area contributed by atoms with Crippen LogP contribution in [0.5, 0.6) is 0 Å². The maximum absolute atomic E-state index is 10.4. The number of guanidine groups is 1. The van der Waals surface area contributed by atoms with Crippen LogP contribution in [0.1, 0.15) is 42.6 Å². The molecule has 30 heavy (non-hydrogen) atoms. The van der Waals surface area contributed by atoms with Crippen molar-refractivity contribution < 1.29 is 9.84 Å². The van der Waals surface area contributed by atoms with E-state index in [1.54, 1.807) is 0 Å². The first-order valence-electron chi connectivity index (χ1n) is 11.1. The summed E-state index contributed by atoms with van der Waals surface area (Å²) in [6, 6.07) is 18.7.